The van der Waals surface area contributed by atoms with Crippen LogP contribution in [0.25, 0.3) is 0 Å². The molecule has 0 aromatic carbocycles. The Hall–Kier alpha value is -0.610. The molecule has 0 radical (unpaired) electrons. The molecular formula is C15H30N2O2. The average molecular weight is 270 g/mol. The second kappa shape index (κ2) is 8.54. The van der Waals surface area contributed by atoms with Gasteiger partial charge in [-0.3, -0.25) is 4.79 Å². The van der Waals surface area contributed by atoms with E-state index in [0.717, 1.165) is 25.6 Å². The van der Waals surface area contributed by atoms with E-state index in [1.807, 2.05) is 13.8 Å². The monoisotopic (exact) mass is 270 g/mol. The van der Waals surface area contributed by atoms with Crippen molar-refractivity contribution < 1.29 is 9.90 Å². The van der Waals surface area contributed by atoms with Crippen LogP contribution in [0.3, 0.4) is 0 Å². The normalized spacial score (nSPS) is 23.3. The first-order chi connectivity index (χ1) is 9.02. The molecule has 0 amide bonds. The SMILES string of the molecule is CCC1CCCN(CCC(NC(C)C)C(=O)O)CC1. The summed E-state index contributed by atoms with van der Waals surface area (Å²) < 4.78 is 0. The molecule has 2 atom stereocenters. The minimum atomic E-state index is -0.727. The van der Waals surface area contributed by atoms with E-state index < -0.39 is 12.0 Å². The summed E-state index contributed by atoms with van der Waals surface area (Å²) in [6, 6.07) is -0.195. The van der Waals surface area contributed by atoms with Gasteiger partial charge in [0.15, 0.2) is 0 Å². The highest BCUT2D eigenvalue weighted by molar-refractivity contribution is 5.73. The van der Waals surface area contributed by atoms with Gasteiger partial charge >= 0.3 is 5.97 Å². The summed E-state index contributed by atoms with van der Waals surface area (Å²) in [7, 11) is 0. The van der Waals surface area contributed by atoms with Crippen LogP contribution in [0, 0.1) is 5.92 Å². The number of hydrogen-bond acceptors (Lipinski definition) is 3. The van der Waals surface area contributed by atoms with Gasteiger partial charge in [0.1, 0.15) is 6.04 Å². The smallest absolute Gasteiger partial charge is 0.320 e. The van der Waals surface area contributed by atoms with Gasteiger partial charge in [-0.2, -0.15) is 0 Å². The van der Waals surface area contributed by atoms with Gasteiger partial charge in [0.2, 0.25) is 0 Å². The van der Waals surface area contributed by atoms with Crippen molar-refractivity contribution >= 4 is 5.97 Å². The molecule has 1 fully saturated rings. The van der Waals surface area contributed by atoms with E-state index in [9.17, 15) is 9.90 Å². The molecule has 0 aliphatic carbocycles. The Bertz CT molecular complexity index is 269. The molecule has 2 unspecified atom stereocenters. The van der Waals surface area contributed by atoms with Gasteiger partial charge in [-0.05, 0) is 44.7 Å². The summed E-state index contributed by atoms with van der Waals surface area (Å²) in [5.41, 5.74) is 0. The second-order valence-corrected chi connectivity index (χ2v) is 6.05. The molecule has 1 heterocycles. The number of aliphatic carboxylic acids is 1. The quantitative estimate of drug-likeness (QED) is 0.745. The largest absolute Gasteiger partial charge is 0.480 e. The molecule has 112 valence electrons. The number of nitrogens with zero attached hydrogens (tertiary/aromatic N) is 1. The third-order valence-electron chi connectivity index (χ3n) is 4.08. The third kappa shape index (κ3) is 6.39. The molecule has 0 spiro atoms. The highest BCUT2D eigenvalue weighted by Crippen LogP contribution is 2.20. The first-order valence-electron chi connectivity index (χ1n) is 7.74. The van der Waals surface area contributed by atoms with Crippen LogP contribution in [-0.4, -0.2) is 47.7 Å². The lowest BCUT2D eigenvalue weighted by molar-refractivity contribution is -0.140. The number of nitrogens with one attached hydrogen (secondary N) is 1. The van der Waals surface area contributed by atoms with Crippen molar-refractivity contribution in [1.82, 2.24) is 10.2 Å². The van der Waals surface area contributed by atoms with E-state index in [2.05, 4.69) is 17.1 Å². The van der Waals surface area contributed by atoms with Gasteiger partial charge in [-0.1, -0.05) is 27.2 Å². The maximum Gasteiger partial charge on any atom is 0.320 e. The van der Waals surface area contributed by atoms with Gasteiger partial charge < -0.3 is 15.3 Å². The molecule has 19 heavy (non-hydrogen) atoms. The molecule has 1 aliphatic heterocycles. The zero-order valence-electron chi connectivity index (χ0n) is 12.7. The maximum absolute atomic E-state index is 11.2. The molecule has 0 bridgehead atoms. The van der Waals surface area contributed by atoms with Crippen molar-refractivity contribution in [3.63, 3.8) is 0 Å². The van der Waals surface area contributed by atoms with Gasteiger partial charge in [0.25, 0.3) is 0 Å². The summed E-state index contributed by atoms with van der Waals surface area (Å²) in [5.74, 6) is 0.143. The molecule has 1 aliphatic rings. The van der Waals surface area contributed by atoms with Crippen molar-refractivity contribution in [2.24, 2.45) is 5.92 Å². The van der Waals surface area contributed by atoms with Crippen molar-refractivity contribution in [3.05, 3.63) is 0 Å². The lowest BCUT2D eigenvalue weighted by atomic mass is 9.98. The lowest BCUT2D eigenvalue weighted by Gasteiger charge is -2.23. The van der Waals surface area contributed by atoms with E-state index >= 15 is 0 Å². The molecule has 4 heteroatoms. The Kier molecular flexibility index (Phi) is 7.39. The van der Waals surface area contributed by atoms with Crippen LogP contribution >= 0.6 is 0 Å². The van der Waals surface area contributed by atoms with E-state index in [0.29, 0.717) is 6.42 Å². The van der Waals surface area contributed by atoms with Gasteiger partial charge in [-0.25, -0.2) is 0 Å². The zero-order valence-corrected chi connectivity index (χ0v) is 12.7. The number of likely N-dealkylation sites (tertiary alicyclic amines) is 1. The van der Waals surface area contributed by atoms with Gasteiger partial charge in [-0.15, -0.1) is 0 Å². The summed E-state index contributed by atoms with van der Waals surface area (Å²) in [6.45, 7) is 9.42. The molecule has 0 saturated carbocycles. The van der Waals surface area contributed by atoms with Crippen LogP contribution < -0.4 is 5.32 Å². The van der Waals surface area contributed by atoms with Gasteiger partial charge in [0.05, 0.1) is 0 Å². The molecule has 2 N–H and O–H groups in total. The molecule has 1 rings (SSSR count). The van der Waals surface area contributed by atoms with E-state index in [-0.39, 0.29) is 6.04 Å². The van der Waals surface area contributed by atoms with Crippen molar-refractivity contribution in [1.29, 1.82) is 0 Å². The van der Waals surface area contributed by atoms with Crippen molar-refractivity contribution in [2.45, 2.75) is 65.0 Å². The Balaban J connectivity index is 2.35. The zero-order chi connectivity index (χ0) is 14.3. The third-order valence-corrected chi connectivity index (χ3v) is 4.08. The maximum atomic E-state index is 11.2. The standard InChI is InChI=1S/C15H30N2O2/c1-4-13-6-5-9-17(10-7-13)11-8-14(15(18)19)16-12(2)3/h12-14,16H,4-11H2,1-3H3,(H,18,19). The fourth-order valence-corrected chi connectivity index (χ4v) is 2.85. The molecule has 0 aromatic rings. The summed E-state index contributed by atoms with van der Waals surface area (Å²) in [4.78, 5) is 13.6. The molecule has 0 aromatic heterocycles. The summed E-state index contributed by atoms with van der Waals surface area (Å²) >= 11 is 0. The van der Waals surface area contributed by atoms with Crippen LogP contribution in [0.4, 0.5) is 0 Å². The predicted molar refractivity (Wildman–Crippen MR) is 78.4 cm³/mol. The van der Waals surface area contributed by atoms with Gasteiger partial charge in [0, 0.05) is 12.6 Å². The van der Waals surface area contributed by atoms with Crippen LogP contribution in [0.15, 0.2) is 0 Å². The first-order valence-corrected chi connectivity index (χ1v) is 7.74. The van der Waals surface area contributed by atoms with Crippen LogP contribution in [0.2, 0.25) is 0 Å². The average Bonchev–Trinajstić information content (AvgIpc) is 2.58. The number of hydrogen-bond donors (Lipinski definition) is 2. The van der Waals surface area contributed by atoms with Crippen LogP contribution in [0.5, 0.6) is 0 Å². The Labute approximate surface area is 117 Å². The van der Waals surface area contributed by atoms with Crippen LogP contribution in [-0.2, 0) is 4.79 Å². The number of carbonyl (C=O) groups is 1. The fourth-order valence-electron chi connectivity index (χ4n) is 2.85. The lowest BCUT2D eigenvalue weighted by Crippen LogP contribution is -2.43. The number of carboxylic acid groups (broad SMARTS) is 1. The molecular weight excluding hydrogens is 240 g/mol. The second-order valence-electron chi connectivity index (χ2n) is 6.05. The molecule has 1 saturated heterocycles. The first kappa shape index (κ1) is 16.4. The minimum absolute atomic E-state index is 0.217. The molecule has 4 nitrogen and oxygen atoms in total. The summed E-state index contributed by atoms with van der Waals surface area (Å²) in [6.07, 6.45) is 5.84. The van der Waals surface area contributed by atoms with E-state index in [4.69, 9.17) is 0 Å². The predicted octanol–water partition coefficient (Wildman–Crippen LogP) is 2.34. The topological polar surface area (TPSA) is 52.6 Å². The summed E-state index contributed by atoms with van der Waals surface area (Å²) in [5, 5.41) is 12.3. The van der Waals surface area contributed by atoms with Crippen LogP contribution in [0.1, 0.15) is 52.9 Å². The van der Waals surface area contributed by atoms with E-state index in [1.54, 1.807) is 0 Å². The minimum Gasteiger partial charge on any atom is -0.480 e. The highest BCUT2D eigenvalue weighted by atomic mass is 16.4. The van der Waals surface area contributed by atoms with Crippen molar-refractivity contribution in [2.75, 3.05) is 19.6 Å². The number of carboxylic acids is 1. The fraction of sp³-hybridized carbons (Fsp3) is 0.933. The Morgan fingerprint density at radius 3 is 2.68 bits per heavy atom. The Morgan fingerprint density at radius 1 is 1.37 bits per heavy atom. The highest BCUT2D eigenvalue weighted by Gasteiger charge is 2.21. The van der Waals surface area contributed by atoms with Crippen molar-refractivity contribution in [3.8, 4) is 0 Å². The van der Waals surface area contributed by atoms with E-state index in [1.165, 1.54) is 25.7 Å². The Morgan fingerprint density at radius 2 is 2.11 bits per heavy atom. The number of rotatable bonds is 7.